The lowest BCUT2D eigenvalue weighted by atomic mass is 10.0. The molecule has 17 heavy (non-hydrogen) atoms. The molecule has 1 N–H and O–H groups in total. The summed E-state index contributed by atoms with van der Waals surface area (Å²) in [6.45, 7) is 4.50. The van der Waals surface area contributed by atoms with Crippen LogP contribution in [0, 0.1) is 0 Å². The number of nitrogens with one attached hydrogen (secondary N) is 1. The molecule has 1 saturated heterocycles. The Morgan fingerprint density at radius 1 is 1.41 bits per heavy atom. The molecular weight excluding hydrogens is 212 g/mol. The third kappa shape index (κ3) is 4.13. The number of piperidine rings is 1. The van der Waals surface area contributed by atoms with Gasteiger partial charge in [0, 0.05) is 31.5 Å². The van der Waals surface area contributed by atoms with E-state index in [0.29, 0.717) is 0 Å². The minimum absolute atomic E-state index is 0.744. The Morgan fingerprint density at radius 2 is 2.35 bits per heavy atom. The second-order valence-electron chi connectivity index (χ2n) is 4.96. The van der Waals surface area contributed by atoms with Gasteiger partial charge in [0.15, 0.2) is 0 Å². The molecule has 0 radical (unpaired) electrons. The van der Waals surface area contributed by atoms with E-state index in [1.54, 1.807) is 0 Å². The van der Waals surface area contributed by atoms with Crippen LogP contribution in [-0.2, 0) is 6.54 Å². The SMILES string of the molecule is CN1CCCCC1CNCCCn1cccn1. The van der Waals surface area contributed by atoms with Gasteiger partial charge in [0.2, 0.25) is 0 Å². The van der Waals surface area contributed by atoms with Gasteiger partial charge in [-0.3, -0.25) is 4.68 Å². The van der Waals surface area contributed by atoms with Crippen LogP contribution >= 0.6 is 0 Å². The van der Waals surface area contributed by atoms with Gasteiger partial charge in [-0.2, -0.15) is 5.10 Å². The highest BCUT2D eigenvalue weighted by molar-refractivity contribution is 4.78. The fourth-order valence-electron chi connectivity index (χ4n) is 2.47. The molecule has 0 bridgehead atoms. The molecule has 0 amide bonds. The van der Waals surface area contributed by atoms with Crippen molar-refractivity contribution in [1.29, 1.82) is 0 Å². The van der Waals surface area contributed by atoms with Gasteiger partial charge in [-0.25, -0.2) is 0 Å². The van der Waals surface area contributed by atoms with Crippen molar-refractivity contribution in [3.8, 4) is 0 Å². The van der Waals surface area contributed by atoms with Crippen LogP contribution in [0.1, 0.15) is 25.7 Å². The highest BCUT2D eigenvalue weighted by Crippen LogP contribution is 2.13. The molecule has 1 aliphatic heterocycles. The minimum atomic E-state index is 0.744. The summed E-state index contributed by atoms with van der Waals surface area (Å²) in [4.78, 5) is 2.49. The first-order valence-corrected chi connectivity index (χ1v) is 6.74. The van der Waals surface area contributed by atoms with Crippen LogP contribution in [0.25, 0.3) is 0 Å². The predicted octanol–water partition coefficient (Wildman–Crippen LogP) is 1.35. The molecule has 0 aromatic carbocycles. The molecule has 2 rings (SSSR count). The van der Waals surface area contributed by atoms with Crippen LogP contribution in [-0.4, -0.2) is 47.4 Å². The summed E-state index contributed by atoms with van der Waals surface area (Å²) in [6, 6.07) is 2.72. The quantitative estimate of drug-likeness (QED) is 0.757. The first kappa shape index (κ1) is 12.6. The number of rotatable bonds is 6. The van der Waals surface area contributed by atoms with Gasteiger partial charge in [-0.15, -0.1) is 0 Å². The van der Waals surface area contributed by atoms with Crippen LogP contribution < -0.4 is 5.32 Å². The summed E-state index contributed by atoms with van der Waals surface area (Å²) in [5, 5.41) is 7.76. The lowest BCUT2D eigenvalue weighted by Crippen LogP contribution is -2.43. The fraction of sp³-hybridized carbons (Fsp3) is 0.769. The summed E-state index contributed by atoms with van der Waals surface area (Å²) in [6.07, 6.45) is 9.12. The first-order valence-electron chi connectivity index (χ1n) is 6.74. The van der Waals surface area contributed by atoms with Gasteiger partial charge in [0.05, 0.1) is 0 Å². The minimum Gasteiger partial charge on any atom is -0.315 e. The zero-order chi connectivity index (χ0) is 11.9. The van der Waals surface area contributed by atoms with Gasteiger partial charge in [-0.1, -0.05) is 6.42 Å². The zero-order valence-corrected chi connectivity index (χ0v) is 10.8. The number of hydrogen-bond donors (Lipinski definition) is 1. The second-order valence-corrected chi connectivity index (χ2v) is 4.96. The van der Waals surface area contributed by atoms with E-state index in [1.165, 1.54) is 25.8 Å². The van der Waals surface area contributed by atoms with Crippen LogP contribution in [0.4, 0.5) is 0 Å². The number of likely N-dealkylation sites (tertiary alicyclic amines) is 1. The normalized spacial score (nSPS) is 21.8. The van der Waals surface area contributed by atoms with E-state index >= 15 is 0 Å². The fourth-order valence-corrected chi connectivity index (χ4v) is 2.47. The topological polar surface area (TPSA) is 33.1 Å². The van der Waals surface area contributed by atoms with Crippen LogP contribution in [0.3, 0.4) is 0 Å². The number of aromatic nitrogens is 2. The van der Waals surface area contributed by atoms with Gasteiger partial charge >= 0.3 is 0 Å². The summed E-state index contributed by atoms with van der Waals surface area (Å²) in [5.74, 6) is 0. The van der Waals surface area contributed by atoms with Crippen molar-refractivity contribution in [2.75, 3.05) is 26.7 Å². The monoisotopic (exact) mass is 236 g/mol. The molecule has 4 heteroatoms. The number of nitrogens with zero attached hydrogens (tertiary/aromatic N) is 3. The predicted molar refractivity (Wildman–Crippen MR) is 70.0 cm³/mol. The van der Waals surface area contributed by atoms with Crippen molar-refractivity contribution in [3.63, 3.8) is 0 Å². The standard InChI is InChI=1S/C13H24N4/c1-16-9-3-2-6-13(16)12-14-7-4-10-17-11-5-8-15-17/h5,8,11,13-14H,2-4,6-7,9-10,12H2,1H3. The molecule has 1 atom stereocenters. The van der Waals surface area contributed by atoms with Crippen molar-refractivity contribution >= 4 is 0 Å². The van der Waals surface area contributed by atoms with Gasteiger partial charge < -0.3 is 10.2 Å². The third-order valence-electron chi connectivity index (χ3n) is 3.60. The second kappa shape index (κ2) is 6.77. The van der Waals surface area contributed by atoms with Crippen LogP contribution in [0.2, 0.25) is 0 Å². The van der Waals surface area contributed by atoms with Gasteiger partial charge in [-0.05, 0) is 45.5 Å². The maximum atomic E-state index is 4.20. The average molecular weight is 236 g/mol. The smallest absolute Gasteiger partial charge is 0.0489 e. The summed E-state index contributed by atoms with van der Waals surface area (Å²) < 4.78 is 1.99. The summed E-state index contributed by atoms with van der Waals surface area (Å²) >= 11 is 0. The Morgan fingerprint density at radius 3 is 3.12 bits per heavy atom. The number of hydrogen-bond acceptors (Lipinski definition) is 3. The van der Waals surface area contributed by atoms with Crippen molar-refractivity contribution in [2.45, 2.75) is 38.3 Å². The third-order valence-corrected chi connectivity index (χ3v) is 3.60. The Balaban J connectivity index is 1.53. The van der Waals surface area contributed by atoms with E-state index in [4.69, 9.17) is 0 Å². The molecule has 1 fully saturated rings. The average Bonchev–Trinajstić information content (AvgIpc) is 2.84. The molecule has 4 nitrogen and oxygen atoms in total. The molecule has 1 aromatic heterocycles. The van der Waals surface area contributed by atoms with E-state index in [2.05, 4.69) is 22.4 Å². The van der Waals surface area contributed by atoms with E-state index < -0.39 is 0 Å². The molecule has 96 valence electrons. The Bertz CT molecular complexity index is 296. The molecule has 2 heterocycles. The van der Waals surface area contributed by atoms with Crippen molar-refractivity contribution in [3.05, 3.63) is 18.5 Å². The summed E-state index contributed by atoms with van der Waals surface area (Å²) in [7, 11) is 2.25. The zero-order valence-electron chi connectivity index (χ0n) is 10.8. The Labute approximate surface area is 104 Å². The largest absolute Gasteiger partial charge is 0.315 e. The van der Waals surface area contributed by atoms with Crippen molar-refractivity contribution in [1.82, 2.24) is 20.0 Å². The molecule has 0 saturated carbocycles. The maximum Gasteiger partial charge on any atom is 0.0489 e. The Kier molecular flexibility index (Phi) is 5.01. The van der Waals surface area contributed by atoms with Gasteiger partial charge in [0.25, 0.3) is 0 Å². The molecule has 1 aliphatic rings. The van der Waals surface area contributed by atoms with E-state index in [-0.39, 0.29) is 0 Å². The highest BCUT2D eigenvalue weighted by Gasteiger charge is 2.17. The molecule has 1 aromatic rings. The number of likely N-dealkylation sites (N-methyl/N-ethyl adjacent to an activating group) is 1. The Hall–Kier alpha value is -0.870. The van der Waals surface area contributed by atoms with Crippen molar-refractivity contribution < 1.29 is 0 Å². The van der Waals surface area contributed by atoms with Crippen LogP contribution in [0.15, 0.2) is 18.5 Å². The van der Waals surface area contributed by atoms with Gasteiger partial charge in [0.1, 0.15) is 0 Å². The van der Waals surface area contributed by atoms with Crippen molar-refractivity contribution in [2.24, 2.45) is 0 Å². The lowest BCUT2D eigenvalue weighted by Gasteiger charge is -2.32. The lowest BCUT2D eigenvalue weighted by molar-refractivity contribution is 0.181. The van der Waals surface area contributed by atoms with E-state index in [1.807, 2.05) is 23.1 Å². The number of aryl methyl sites for hydroxylation is 1. The molecule has 0 spiro atoms. The molecule has 0 aliphatic carbocycles. The molecule has 1 unspecified atom stereocenters. The van der Waals surface area contributed by atoms with E-state index in [0.717, 1.165) is 32.1 Å². The van der Waals surface area contributed by atoms with Crippen LogP contribution in [0.5, 0.6) is 0 Å². The molecular formula is C13H24N4. The van der Waals surface area contributed by atoms with E-state index in [9.17, 15) is 0 Å². The maximum absolute atomic E-state index is 4.20. The summed E-state index contributed by atoms with van der Waals surface area (Å²) in [5.41, 5.74) is 0. The highest BCUT2D eigenvalue weighted by atomic mass is 15.3. The first-order chi connectivity index (χ1) is 8.36.